The molecule has 0 N–H and O–H groups in total. The van der Waals surface area contributed by atoms with Crippen molar-refractivity contribution in [3.8, 4) is 6.07 Å². The number of likely N-dealkylation sites (tertiary alicyclic amines) is 1. The highest BCUT2D eigenvalue weighted by atomic mass is 16.3. The molecule has 0 spiro atoms. The van der Waals surface area contributed by atoms with Crippen molar-refractivity contribution in [2.45, 2.75) is 32.4 Å². The predicted molar refractivity (Wildman–Crippen MR) is 117 cm³/mol. The maximum absolute atomic E-state index is 8.93. The van der Waals surface area contributed by atoms with Gasteiger partial charge in [0.25, 0.3) is 0 Å². The van der Waals surface area contributed by atoms with Gasteiger partial charge in [0, 0.05) is 38.1 Å². The summed E-state index contributed by atoms with van der Waals surface area (Å²) < 4.78 is 6.04. The molecule has 4 rings (SSSR count). The highest BCUT2D eigenvalue weighted by Gasteiger charge is 2.24. The van der Waals surface area contributed by atoms with Crippen LogP contribution in [0.25, 0.3) is 16.7 Å². The van der Waals surface area contributed by atoms with Crippen molar-refractivity contribution in [1.29, 1.82) is 5.26 Å². The van der Waals surface area contributed by atoms with Gasteiger partial charge in [0.05, 0.1) is 17.3 Å². The number of nitriles is 1. The van der Waals surface area contributed by atoms with Crippen LogP contribution in [0.2, 0.25) is 0 Å². The van der Waals surface area contributed by atoms with Gasteiger partial charge in [-0.3, -0.25) is 4.90 Å². The molecule has 0 saturated carbocycles. The highest BCUT2D eigenvalue weighted by Crippen LogP contribution is 2.29. The van der Waals surface area contributed by atoms with E-state index in [0.717, 1.165) is 54.9 Å². The molecule has 0 bridgehead atoms. The molecule has 0 unspecified atom stereocenters. The van der Waals surface area contributed by atoms with E-state index in [0.29, 0.717) is 11.6 Å². The maximum Gasteiger partial charge on any atom is 0.150 e. The van der Waals surface area contributed by atoms with E-state index in [4.69, 9.17) is 9.68 Å². The Morgan fingerprint density at radius 3 is 2.59 bits per heavy atom. The first-order valence-electron chi connectivity index (χ1n) is 10.2. The van der Waals surface area contributed by atoms with Gasteiger partial charge in [0.15, 0.2) is 5.76 Å². The molecule has 1 aromatic heterocycles. The number of hydrogen-bond donors (Lipinski definition) is 0. The number of benzene rings is 2. The number of furan rings is 1. The fourth-order valence-corrected chi connectivity index (χ4v) is 4.11. The molecule has 148 valence electrons. The van der Waals surface area contributed by atoms with Crippen molar-refractivity contribution in [3.63, 3.8) is 0 Å². The highest BCUT2D eigenvalue weighted by molar-refractivity contribution is 5.82. The number of piperidine rings is 1. The molecule has 2 aromatic carbocycles. The normalized spacial score (nSPS) is 15.3. The summed E-state index contributed by atoms with van der Waals surface area (Å²) in [6.45, 7) is 9.46. The minimum Gasteiger partial charge on any atom is -0.455 e. The van der Waals surface area contributed by atoms with E-state index in [-0.39, 0.29) is 0 Å². The minimum atomic E-state index is 0.467. The quantitative estimate of drug-likeness (QED) is 0.607. The molecule has 1 aliphatic rings. The fraction of sp³-hybridized carbons (Fsp3) is 0.320. The van der Waals surface area contributed by atoms with Crippen molar-refractivity contribution >= 4 is 16.7 Å². The molecule has 1 saturated heterocycles. The molecule has 0 radical (unpaired) electrons. The average molecular weight is 386 g/mol. The van der Waals surface area contributed by atoms with Crippen molar-refractivity contribution < 1.29 is 4.42 Å². The Labute approximate surface area is 172 Å². The van der Waals surface area contributed by atoms with Crippen LogP contribution in [0, 0.1) is 18.3 Å². The Morgan fingerprint density at radius 1 is 1.17 bits per heavy atom. The van der Waals surface area contributed by atoms with Crippen LogP contribution in [0.5, 0.6) is 0 Å². The van der Waals surface area contributed by atoms with Gasteiger partial charge in [0.1, 0.15) is 5.58 Å². The summed E-state index contributed by atoms with van der Waals surface area (Å²) >= 11 is 0. The van der Waals surface area contributed by atoms with E-state index in [1.54, 1.807) is 0 Å². The van der Waals surface area contributed by atoms with Gasteiger partial charge in [0.2, 0.25) is 0 Å². The Balaban J connectivity index is 1.35. The molecule has 1 fully saturated rings. The third-order valence-corrected chi connectivity index (χ3v) is 5.98. The third-order valence-electron chi connectivity index (χ3n) is 5.98. The summed E-state index contributed by atoms with van der Waals surface area (Å²) in [4.78, 5) is 4.77. The lowest BCUT2D eigenvalue weighted by Crippen LogP contribution is -2.42. The van der Waals surface area contributed by atoms with Gasteiger partial charge >= 0.3 is 0 Å². The first-order valence-corrected chi connectivity index (χ1v) is 10.2. The van der Waals surface area contributed by atoms with Crippen LogP contribution in [0.4, 0.5) is 0 Å². The van der Waals surface area contributed by atoms with Crippen molar-refractivity contribution in [3.05, 3.63) is 77.6 Å². The molecule has 2 heterocycles. The lowest BCUT2D eigenvalue weighted by molar-refractivity contribution is 0.154. The lowest BCUT2D eigenvalue weighted by Gasteiger charge is -2.38. The standard InChI is InChI=1S/C25H27N3O/c1-18-4-9-24-22(14-18)15-25(29-24)19(2)27(3)23-10-12-28(13-11-23)17-21-7-5-20(16-26)6-8-21/h4-9,14-15,23H,2,10-13,17H2,1,3H3. The number of fused-ring (bicyclic) bond motifs is 1. The van der Waals surface area contributed by atoms with E-state index < -0.39 is 0 Å². The van der Waals surface area contributed by atoms with Gasteiger partial charge in [-0.25, -0.2) is 0 Å². The average Bonchev–Trinajstić information content (AvgIpc) is 3.17. The topological polar surface area (TPSA) is 43.4 Å². The minimum absolute atomic E-state index is 0.467. The van der Waals surface area contributed by atoms with Crippen LogP contribution in [-0.4, -0.2) is 36.0 Å². The second-order valence-corrected chi connectivity index (χ2v) is 8.03. The molecule has 4 heteroatoms. The first kappa shape index (κ1) is 19.3. The van der Waals surface area contributed by atoms with Gasteiger partial charge in [-0.05, 0) is 55.7 Å². The van der Waals surface area contributed by atoms with E-state index in [1.807, 2.05) is 18.2 Å². The Hall–Kier alpha value is -3.03. The van der Waals surface area contributed by atoms with E-state index in [1.165, 1.54) is 11.1 Å². The first-order chi connectivity index (χ1) is 14.0. The van der Waals surface area contributed by atoms with Crippen molar-refractivity contribution in [2.24, 2.45) is 0 Å². The largest absolute Gasteiger partial charge is 0.455 e. The monoisotopic (exact) mass is 385 g/mol. The smallest absolute Gasteiger partial charge is 0.150 e. The van der Waals surface area contributed by atoms with E-state index in [2.05, 4.69) is 66.8 Å². The van der Waals surface area contributed by atoms with Crippen molar-refractivity contribution in [2.75, 3.05) is 20.1 Å². The summed E-state index contributed by atoms with van der Waals surface area (Å²) in [6, 6.07) is 18.9. The second-order valence-electron chi connectivity index (χ2n) is 8.03. The van der Waals surface area contributed by atoms with E-state index in [9.17, 15) is 0 Å². The van der Waals surface area contributed by atoms with Gasteiger partial charge < -0.3 is 9.32 Å². The van der Waals surface area contributed by atoms with Crippen LogP contribution in [0.15, 0.2) is 59.5 Å². The lowest BCUT2D eigenvalue weighted by atomic mass is 10.0. The zero-order valence-electron chi connectivity index (χ0n) is 17.2. The van der Waals surface area contributed by atoms with Gasteiger partial charge in [-0.2, -0.15) is 5.26 Å². The van der Waals surface area contributed by atoms with Crippen LogP contribution in [0.1, 0.15) is 35.3 Å². The van der Waals surface area contributed by atoms with Crippen LogP contribution in [-0.2, 0) is 6.54 Å². The summed E-state index contributed by atoms with van der Waals surface area (Å²) in [7, 11) is 2.13. The Bertz CT molecular complexity index is 1050. The Morgan fingerprint density at radius 2 is 1.90 bits per heavy atom. The van der Waals surface area contributed by atoms with Crippen molar-refractivity contribution in [1.82, 2.24) is 9.80 Å². The Kier molecular flexibility index (Phi) is 5.42. The maximum atomic E-state index is 8.93. The van der Waals surface area contributed by atoms with Gasteiger partial charge in [-0.1, -0.05) is 30.3 Å². The second kappa shape index (κ2) is 8.14. The molecule has 4 nitrogen and oxygen atoms in total. The SMILES string of the molecule is C=C(c1cc2cc(C)ccc2o1)N(C)C1CCN(Cc2ccc(C#N)cc2)CC1. The molecule has 29 heavy (non-hydrogen) atoms. The molecule has 0 amide bonds. The molecule has 0 aliphatic carbocycles. The molecular weight excluding hydrogens is 358 g/mol. The number of rotatable bonds is 5. The van der Waals surface area contributed by atoms with Crippen LogP contribution in [0.3, 0.4) is 0 Å². The van der Waals surface area contributed by atoms with Gasteiger partial charge in [-0.15, -0.1) is 0 Å². The fourth-order valence-electron chi connectivity index (χ4n) is 4.11. The number of hydrogen-bond acceptors (Lipinski definition) is 4. The van der Waals surface area contributed by atoms with Crippen LogP contribution < -0.4 is 0 Å². The number of aryl methyl sites for hydroxylation is 1. The molecule has 1 aliphatic heterocycles. The summed E-state index contributed by atoms with van der Waals surface area (Å²) in [5.74, 6) is 0.855. The predicted octanol–water partition coefficient (Wildman–Crippen LogP) is 5.18. The molecular formula is C25H27N3O. The summed E-state index contributed by atoms with van der Waals surface area (Å²) in [5.41, 5.74) is 5.08. The van der Waals surface area contributed by atoms with Crippen LogP contribution >= 0.6 is 0 Å². The van der Waals surface area contributed by atoms with E-state index >= 15 is 0 Å². The zero-order valence-corrected chi connectivity index (χ0v) is 17.2. The zero-order chi connectivity index (χ0) is 20.4. The summed E-state index contributed by atoms with van der Waals surface area (Å²) in [5, 5.41) is 10.1. The third kappa shape index (κ3) is 4.21. The summed E-state index contributed by atoms with van der Waals surface area (Å²) in [6.07, 6.45) is 2.20. The molecule has 0 atom stereocenters. The molecule has 3 aromatic rings. The number of nitrogens with zero attached hydrogens (tertiary/aromatic N) is 3.